The lowest BCUT2D eigenvalue weighted by atomic mass is 9.86. The van der Waals surface area contributed by atoms with Crippen LogP contribution < -0.4 is 5.32 Å². The fourth-order valence-electron chi connectivity index (χ4n) is 4.29. The van der Waals surface area contributed by atoms with Gasteiger partial charge in [0, 0.05) is 26.4 Å². The van der Waals surface area contributed by atoms with Gasteiger partial charge in [-0.1, -0.05) is 0 Å². The van der Waals surface area contributed by atoms with Crippen LogP contribution in [0.4, 0.5) is 4.39 Å². The van der Waals surface area contributed by atoms with E-state index >= 15 is 0 Å². The van der Waals surface area contributed by atoms with Gasteiger partial charge in [0.25, 0.3) is 0 Å². The molecule has 0 aliphatic carbocycles. The molecule has 2 aromatic heterocycles. The normalized spacial score (nSPS) is 19.0. The molecule has 0 radical (unpaired) electrons. The molecule has 1 fully saturated rings. The van der Waals surface area contributed by atoms with Gasteiger partial charge in [-0.2, -0.15) is 0 Å². The summed E-state index contributed by atoms with van der Waals surface area (Å²) in [7, 11) is 0. The van der Waals surface area contributed by atoms with Gasteiger partial charge in [0.05, 0.1) is 12.1 Å². The molecule has 2 aliphatic heterocycles. The van der Waals surface area contributed by atoms with Crippen molar-refractivity contribution in [3.8, 4) is 10.4 Å². The van der Waals surface area contributed by atoms with E-state index in [4.69, 9.17) is 4.74 Å². The van der Waals surface area contributed by atoms with Crippen LogP contribution in [0.2, 0.25) is 0 Å². The molecule has 4 heterocycles. The first-order valence-electron chi connectivity index (χ1n) is 9.20. The number of fused-ring (bicyclic) bond motifs is 3. The van der Waals surface area contributed by atoms with Crippen LogP contribution >= 0.6 is 11.3 Å². The molecular formula is C21H21FN2OS. The van der Waals surface area contributed by atoms with Gasteiger partial charge in [0.2, 0.25) is 0 Å². The second-order valence-corrected chi connectivity index (χ2v) is 8.33. The zero-order valence-corrected chi connectivity index (χ0v) is 15.6. The molecule has 5 heteroatoms. The second-order valence-electron chi connectivity index (χ2n) is 7.28. The maximum Gasteiger partial charge on any atom is 0.123 e. The van der Waals surface area contributed by atoms with E-state index in [2.05, 4.69) is 22.4 Å². The Morgan fingerprint density at radius 2 is 2.04 bits per heavy atom. The van der Waals surface area contributed by atoms with E-state index in [-0.39, 0.29) is 11.4 Å². The predicted octanol–water partition coefficient (Wildman–Crippen LogP) is 4.56. The summed E-state index contributed by atoms with van der Waals surface area (Å²) < 4.78 is 20.2. The zero-order valence-electron chi connectivity index (χ0n) is 14.8. The molecule has 1 aromatic carbocycles. The van der Waals surface area contributed by atoms with Crippen LogP contribution in [-0.4, -0.2) is 24.7 Å². The molecule has 134 valence electrons. The summed E-state index contributed by atoms with van der Waals surface area (Å²) >= 11 is 1.82. The summed E-state index contributed by atoms with van der Waals surface area (Å²) in [6, 6.07) is 9.23. The van der Waals surface area contributed by atoms with Gasteiger partial charge < -0.3 is 10.1 Å². The van der Waals surface area contributed by atoms with Gasteiger partial charge in [-0.3, -0.25) is 4.98 Å². The first-order valence-corrected chi connectivity index (χ1v) is 10.0. The minimum atomic E-state index is -0.219. The van der Waals surface area contributed by atoms with Gasteiger partial charge in [-0.05, 0) is 75.2 Å². The van der Waals surface area contributed by atoms with E-state index in [1.165, 1.54) is 21.4 Å². The number of benzene rings is 1. The van der Waals surface area contributed by atoms with E-state index in [0.29, 0.717) is 0 Å². The molecule has 3 nitrogen and oxygen atoms in total. The monoisotopic (exact) mass is 368 g/mol. The number of nitrogens with one attached hydrogen (secondary N) is 1. The van der Waals surface area contributed by atoms with Gasteiger partial charge in [0.1, 0.15) is 11.4 Å². The van der Waals surface area contributed by atoms with Crippen LogP contribution in [0.5, 0.6) is 0 Å². The largest absolute Gasteiger partial charge is 0.369 e. The van der Waals surface area contributed by atoms with Crippen molar-refractivity contribution in [1.82, 2.24) is 10.3 Å². The maximum atomic E-state index is 13.9. The minimum Gasteiger partial charge on any atom is -0.369 e. The standard InChI is InChI=1S/C21H21FN2OS/c1-13-10-17(16-12-15(22)2-3-18(16)24-13)19-11-14-4-9-25-21(20(14)26-19)5-7-23-8-6-21/h2-3,10-12,23H,4-9H2,1H3. The highest BCUT2D eigenvalue weighted by Gasteiger charge is 2.40. The number of aryl methyl sites for hydroxylation is 1. The summed E-state index contributed by atoms with van der Waals surface area (Å²) in [5.74, 6) is -0.219. The molecule has 1 N–H and O–H groups in total. The summed E-state index contributed by atoms with van der Waals surface area (Å²) in [6.07, 6.45) is 2.99. The Hall–Kier alpha value is -1.82. The van der Waals surface area contributed by atoms with E-state index in [0.717, 1.165) is 61.1 Å². The van der Waals surface area contributed by atoms with Crippen molar-refractivity contribution in [2.24, 2.45) is 0 Å². The molecule has 3 aromatic rings. The molecule has 1 saturated heterocycles. The lowest BCUT2D eigenvalue weighted by molar-refractivity contribution is -0.0771. The molecule has 0 amide bonds. The van der Waals surface area contributed by atoms with Crippen LogP contribution in [0.3, 0.4) is 0 Å². The van der Waals surface area contributed by atoms with Crippen LogP contribution in [0.15, 0.2) is 30.3 Å². The summed E-state index contributed by atoms with van der Waals surface area (Å²) in [5.41, 5.74) is 4.15. The molecule has 1 spiro atoms. The van der Waals surface area contributed by atoms with Crippen molar-refractivity contribution in [3.63, 3.8) is 0 Å². The molecule has 26 heavy (non-hydrogen) atoms. The molecule has 5 rings (SSSR count). The van der Waals surface area contributed by atoms with Crippen LogP contribution in [0.1, 0.15) is 29.0 Å². The number of hydrogen-bond acceptors (Lipinski definition) is 4. The van der Waals surface area contributed by atoms with Gasteiger partial charge in [-0.25, -0.2) is 4.39 Å². The van der Waals surface area contributed by atoms with Crippen molar-refractivity contribution >= 4 is 22.2 Å². The summed E-state index contributed by atoms with van der Waals surface area (Å²) in [4.78, 5) is 7.14. The van der Waals surface area contributed by atoms with Crippen molar-refractivity contribution in [2.75, 3.05) is 19.7 Å². The number of aromatic nitrogens is 1. The van der Waals surface area contributed by atoms with Gasteiger partial charge in [0.15, 0.2) is 0 Å². The Bertz CT molecular complexity index is 991. The molecule has 0 atom stereocenters. The Balaban J connectivity index is 1.69. The Labute approximate surface area is 156 Å². The van der Waals surface area contributed by atoms with Crippen molar-refractivity contribution in [1.29, 1.82) is 0 Å². The third kappa shape index (κ3) is 2.57. The summed E-state index contributed by atoms with van der Waals surface area (Å²) in [6.45, 7) is 4.77. The zero-order chi connectivity index (χ0) is 17.7. The smallest absolute Gasteiger partial charge is 0.123 e. The van der Waals surface area contributed by atoms with E-state index in [1.807, 2.05) is 18.3 Å². The van der Waals surface area contributed by atoms with Crippen LogP contribution in [0.25, 0.3) is 21.3 Å². The van der Waals surface area contributed by atoms with E-state index < -0.39 is 0 Å². The topological polar surface area (TPSA) is 34.1 Å². The van der Waals surface area contributed by atoms with Crippen molar-refractivity contribution < 1.29 is 9.13 Å². The minimum absolute atomic E-state index is 0.134. The Morgan fingerprint density at radius 3 is 2.88 bits per heavy atom. The van der Waals surface area contributed by atoms with Crippen molar-refractivity contribution in [3.05, 3.63) is 52.3 Å². The molecule has 2 aliphatic rings. The number of rotatable bonds is 1. The Morgan fingerprint density at radius 1 is 1.19 bits per heavy atom. The van der Waals surface area contributed by atoms with E-state index in [9.17, 15) is 4.39 Å². The predicted molar refractivity (Wildman–Crippen MR) is 103 cm³/mol. The highest BCUT2D eigenvalue weighted by atomic mass is 32.1. The second kappa shape index (κ2) is 6.12. The van der Waals surface area contributed by atoms with E-state index in [1.54, 1.807) is 12.1 Å². The Kier molecular flexibility index (Phi) is 3.85. The quantitative estimate of drug-likeness (QED) is 0.684. The number of thiophene rings is 1. The lowest BCUT2D eigenvalue weighted by Crippen LogP contribution is -2.43. The van der Waals surface area contributed by atoms with Gasteiger partial charge >= 0.3 is 0 Å². The number of pyridine rings is 1. The van der Waals surface area contributed by atoms with Crippen molar-refractivity contribution in [2.45, 2.75) is 31.8 Å². The molecular weight excluding hydrogens is 347 g/mol. The highest BCUT2D eigenvalue weighted by molar-refractivity contribution is 7.16. The maximum absolute atomic E-state index is 13.9. The number of halogens is 1. The molecule has 0 unspecified atom stereocenters. The number of piperidine rings is 1. The lowest BCUT2D eigenvalue weighted by Gasteiger charge is -2.40. The van der Waals surface area contributed by atoms with Crippen LogP contribution in [0, 0.1) is 12.7 Å². The third-order valence-corrected chi connectivity index (χ3v) is 6.94. The number of nitrogens with zero attached hydrogens (tertiary/aromatic N) is 1. The number of hydrogen-bond donors (Lipinski definition) is 1. The fraction of sp³-hybridized carbons (Fsp3) is 0.381. The fourth-order valence-corrected chi connectivity index (χ4v) is 5.73. The first-order chi connectivity index (χ1) is 12.6. The third-order valence-electron chi connectivity index (χ3n) is 5.55. The average Bonchev–Trinajstić information content (AvgIpc) is 3.08. The molecule has 0 saturated carbocycles. The highest BCUT2D eigenvalue weighted by Crippen LogP contribution is 2.47. The number of ether oxygens (including phenoxy) is 1. The average molecular weight is 368 g/mol. The SMILES string of the molecule is Cc1cc(-c2cc3c(s2)C2(CCNCC2)OCC3)c2cc(F)ccc2n1. The van der Waals surface area contributed by atoms with Crippen LogP contribution in [-0.2, 0) is 16.8 Å². The van der Waals surface area contributed by atoms with Gasteiger partial charge in [-0.15, -0.1) is 11.3 Å². The summed E-state index contributed by atoms with van der Waals surface area (Å²) in [5, 5.41) is 4.32. The first kappa shape index (κ1) is 16.4. The molecule has 0 bridgehead atoms.